The van der Waals surface area contributed by atoms with Crippen LogP contribution in [-0.4, -0.2) is 29.0 Å². The molecule has 0 fully saturated rings. The van der Waals surface area contributed by atoms with E-state index in [2.05, 4.69) is 9.71 Å². The quantitative estimate of drug-likeness (QED) is 0.454. The Morgan fingerprint density at radius 1 is 1.00 bits per heavy atom. The number of fused-ring (bicyclic) bond motifs is 1. The molecule has 2 N–H and O–H groups in total. The van der Waals surface area contributed by atoms with Crippen LogP contribution >= 0.6 is 0 Å². The van der Waals surface area contributed by atoms with Crippen LogP contribution in [0.4, 0.5) is 14.5 Å². The van der Waals surface area contributed by atoms with Crippen molar-refractivity contribution in [3.05, 3.63) is 78.4 Å². The van der Waals surface area contributed by atoms with Crippen LogP contribution in [0.15, 0.2) is 77.7 Å². The molecular weight excluding hydrogens is 428 g/mol. The van der Waals surface area contributed by atoms with E-state index in [4.69, 9.17) is 5.11 Å². The monoisotopic (exact) mass is 443 g/mol. The second-order valence-corrected chi connectivity index (χ2v) is 8.27. The SMILES string of the molecule is O=C(O)c1cccc(S(=O)(=O)Nc2ccc(-c3nc4ccccc4n3C(F)F)cc2)c1. The summed E-state index contributed by atoms with van der Waals surface area (Å²) in [6.07, 6.45) is 0. The Kier molecular flexibility index (Phi) is 5.15. The van der Waals surface area contributed by atoms with Gasteiger partial charge in [-0.1, -0.05) is 18.2 Å². The zero-order valence-electron chi connectivity index (χ0n) is 15.7. The molecule has 0 aliphatic rings. The van der Waals surface area contributed by atoms with Crippen molar-refractivity contribution in [2.75, 3.05) is 4.72 Å². The minimum absolute atomic E-state index is 0.0553. The van der Waals surface area contributed by atoms with Crippen LogP contribution in [0.25, 0.3) is 22.4 Å². The van der Waals surface area contributed by atoms with E-state index in [0.29, 0.717) is 11.1 Å². The largest absolute Gasteiger partial charge is 0.478 e. The van der Waals surface area contributed by atoms with E-state index in [1.165, 1.54) is 42.5 Å². The van der Waals surface area contributed by atoms with Crippen LogP contribution in [0.1, 0.15) is 16.9 Å². The van der Waals surface area contributed by atoms with Crippen molar-refractivity contribution >= 4 is 32.7 Å². The molecule has 4 rings (SSSR count). The van der Waals surface area contributed by atoms with Crippen molar-refractivity contribution in [3.63, 3.8) is 0 Å². The van der Waals surface area contributed by atoms with Gasteiger partial charge in [-0.2, -0.15) is 8.78 Å². The molecule has 0 amide bonds. The lowest BCUT2D eigenvalue weighted by Gasteiger charge is -2.10. The van der Waals surface area contributed by atoms with Crippen LogP contribution in [0.3, 0.4) is 0 Å². The highest BCUT2D eigenvalue weighted by molar-refractivity contribution is 7.92. The van der Waals surface area contributed by atoms with Gasteiger partial charge >= 0.3 is 12.5 Å². The number of imidazole rings is 1. The van der Waals surface area contributed by atoms with Gasteiger partial charge in [0.05, 0.1) is 21.5 Å². The summed E-state index contributed by atoms with van der Waals surface area (Å²) in [5.41, 5.74) is 1.11. The van der Waals surface area contributed by atoms with Gasteiger partial charge < -0.3 is 5.11 Å². The number of hydrogen-bond acceptors (Lipinski definition) is 4. The molecule has 1 heterocycles. The molecule has 1 aromatic heterocycles. The van der Waals surface area contributed by atoms with Crippen molar-refractivity contribution in [3.8, 4) is 11.4 Å². The number of nitrogens with zero attached hydrogens (tertiary/aromatic N) is 2. The third kappa shape index (κ3) is 3.97. The van der Waals surface area contributed by atoms with Crippen molar-refractivity contribution in [1.82, 2.24) is 9.55 Å². The molecule has 0 aliphatic heterocycles. The number of para-hydroxylation sites is 2. The Hall–Kier alpha value is -3.79. The molecule has 3 aromatic carbocycles. The summed E-state index contributed by atoms with van der Waals surface area (Å²) in [7, 11) is -4.04. The van der Waals surface area contributed by atoms with Gasteiger partial charge in [-0.05, 0) is 54.6 Å². The van der Waals surface area contributed by atoms with Crippen LogP contribution in [0, 0.1) is 0 Å². The average Bonchev–Trinajstić information content (AvgIpc) is 3.14. The minimum Gasteiger partial charge on any atom is -0.478 e. The summed E-state index contributed by atoms with van der Waals surface area (Å²) >= 11 is 0. The minimum atomic E-state index is -4.04. The van der Waals surface area contributed by atoms with Gasteiger partial charge in [0.2, 0.25) is 0 Å². The maximum atomic E-state index is 13.6. The molecular formula is C21H15F2N3O4S. The Balaban J connectivity index is 1.65. The first kappa shape index (κ1) is 20.5. The molecule has 0 spiro atoms. The number of benzene rings is 3. The fourth-order valence-corrected chi connectivity index (χ4v) is 4.25. The maximum Gasteiger partial charge on any atom is 0.335 e. The number of hydrogen-bond donors (Lipinski definition) is 2. The van der Waals surface area contributed by atoms with E-state index < -0.39 is 22.5 Å². The van der Waals surface area contributed by atoms with Gasteiger partial charge in [0, 0.05) is 11.3 Å². The van der Waals surface area contributed by atoms with Gasteiger partial charge in [0.15, 0.2) is 0 Å². The predicted molar refractivity (Wildman–Crippen MR) is 111 cm³/mol. The van der Waals surface area contributed by atoms with E-state index in [0.717, 1.165) is 10.6 Å². The first-order chi connectivity index (χ1) is 14.8. The molecule has 0 atom stereocenters. The Bertz CT molecular complexity index is 1380. The number of alkyl halides is 2. The number of aromatic nitrogens is 2. The van der Waals surface area contributed by atoms with E-state index in [9.17, 15) is 22.0 Å². The van der Waals surface area contributed by atoms with E-state index >= 15 is 0 Å². The standard InChI is InChI=1S/C21H15F2N3O4S/c22-21(23)26-18-7-2-1-6-17(18)24-19(26)13-8-10-15(11-9-13)25-31(29,30)16-5-3-4-14(12-16)20(27)28/h1-12,21,25H,(H,27,28). The lowest BCUT2D eigenvalue weighted by atomic mass is 10.2. The topological polar surface area (TPSA) is 101 Å². The van der Waals surface area contributed by atoms with Gasteiger partial charge in [-0.3, -0.25) is 9.29 Å². The molecule has 0 bridgehead atoms. The fraction of sp³-hybridized carbons (Fsp3) is 0.0476. The number of rotatable bonds is 6. The summed E-state index contributed by atoms with van der Waals surface area (Å²) in [6.45, 7) is -2.80. The number of carbonyl (C=O) groups is 1. The number of halogens is 2. The average molecular weight is 443 g/mol. The Labute approximate surface area is 175 Å². The molecule has 0 saturated heterocycles. The van der Waals surface area contributed by atoms with E-state index in [1.807, 2.05) is 0 Å². The predicted octanol–water partition coefficient (Wildman–Crippen LogP) is 4.60. The van der Waals surface area contributed by atoms with Crippen molar-refractivity contribution in [1.29, 1.82) is 0 Å². The highest BCUT2D eigenvalue weighted by Gasteiger charge is 2.20. The first-order valence-corrected chi connectivity index (χ1v) is 10.5. The second-order valence-electron chi connectivity index (χ2n) is 6.59. The lowest BCUT2D eigenvalue weighted by Crippen LogP contribution is -2.13. The van der Waals surface area contributed by atoms with Crippen LogP contribution in [-0.2, 0) is 10.0 Å². The molecule has 0 radical (unpaired) electrons. The summed E-state index contributed by atoms with van der Waals surface area (Å²) < 4.78 is 55.6. The Morgan fingerprint density at radius 2 is 1.71 bits per heavy atom. The number of nitrogens with one attached hydrogen (secondary N) is 1. The normalized spacial score (nSPS) is 11.7. The van der Waals surface area contributed by atoms with Crippen molar-refractivity contribution in [2.45, 2.75) is 11.4 Å². The number of sulfonamides is 1. The molecule has 0 saturated carbocycles. The van der Waals surface area contributed by atoms with Crippen molar-refractivity contribution < 1.29 is 27.1 Å². The molecule has 0 unspecified atom stereocenters. The molecule has 4 aromatic rings. The second kappa shape index (κ2) is 7.80. The zero-order chi connectivity index (χ0) is 22.2. The fourth-order valence-electron chi connectivity index (χ4n) is 3.14. The summed E-state index contributed by atoms with van der Waals surface area (Å²) in [5.74, 6) is -1.19. The maximum absolute atomic E-state index is 13.6. The van der Waals surface area contributed by atoms with Crippen molar-refractivity contribution in [2.24, 2.45) is 0 Å². The first-order valence-electron chi connectivity index (χ1n) is 8.98. The lowest BCUT2D eigenvalue weighted by molar-refractivity contribution is 0.0695. The van der Waals surface area contributed by atoms with Gasteiger partial charge in [0.25, 0.3) is 10.0 Å². The van der Waals surface area contributed by atoms with Gasteiger partial charge in [-0.25, -0.2) is 18.2 Å². The van der Waals surface area contributed by atoms with Gasteiger partial charge in [0.1, 0.15) is 5.82 Å². The molecule has 7 nitrogen and oxygen atoms in total. The Morgan fingerprint density at radius 3 is 2.39 bits per heavy atom. The summed E-state index contributed by atoms with van der Waals surface area (Å²) in [6, 6.07) is 17.2. The van der Waals surface area contributed by atoms with E-state index in [1.54, 1.807) is 24.3 Å². The number of carboxylic acid groups (broad SMARTS) is 1. The molecule has 31 heavy (non-hydrogen) atoms. The summed E-state index contributed by atoms with van der Waals surface area (Å²) in [5, 5.41) is 9.04. The number of aromatic carboxylic acids is 1. The van der Waals surface area contributed by atoms with E-state index in [-0.39, 0.29) is 27.5 Å². The van der Waals surface area contributed by atoms with Crippen LogP contribution in [0.2, 0.25) is 0 Å². The highest BCUT2D eigenvalue weighted by atomic mass is 32.2. The number of carboxylic acids is 1. The molecule has 10 heteroatoms. The molecule has 158 valence electrons. The molecule has 0 aliphatic carbocycles. The third-order valence-corrected chi connectivity index (χ3v) is 5.96. The smallest absolute Gasteiger partial charge is 0.335 e. The summed E-state index contributed by atoms with van der Waals surface area (Å²) in [4.78, 5) is 15.1. The highest BCUT2D eigenvalue weighted by Crippen LogP contribution is 2.30. The third-order valence-electron chi connectivity index (χ3n) is 4.58. The zero-order valence-corrected chi connectivity index (χ0v) is 16.6. The van der Waals surface area contributed by atoms with Crippen LogP contribution < -0.4 is 4.72 Å². The van der Waals surface area contributed by atoms with Gasteiger partial charge in [-0.15, -0.1) is 0 Å². The number of anilines is 1. The van der Waals surface area contributed by atoms with Crippen LogP contribution in [0.5, 0.6) is 0 Å².